The summed E-state index contributed by atoms with van der Waals surface area (Å²) in [6.45, 7) is 0.950. The standard InChI is InChI=1S/C20H13ClN4O2.C19H11ClN4O2.Li.H2O/c1-27-20(26)15-11-25(18-4-5-23-17(8-22)19(15)18)10-12-2-3-16-13(6-12)7-14(21)9-24-16;20-13-6-12-5-11(1-2-15(12)23-8-13)9-24-10-14(19(25)26)18-16(7-21)22-4-3-17(18)24;;/h2-7,9,11H,10H2,1H3;1-6,8,10H,9H2,(H,25,26);;1H2/q;;+1;/p-1. The molecule has 0 aliphatic carbocycles. The summed E-state index contributed by atoms with van der Waals surface area (Å²) in [6.07, 6.45) is 9.51. The number of pyridine rings is 4. The molecule has 0 amide bonds. The molecular formula is C39H25Cl2LiN8O5. The van der Waals surface area contributed by atoms with Crippen LogP contribution >= 0.6 is 23.2 Å². The molecule has 6 aromatic heterocycles. The molecule has 8 rings (SSSR count). The summed E-state index contributed by atoms with van der Waals surface area (Å²) >= 11 is 12.1. The van der Waals surface area contributed by atoms with E-state index in [2.05, 4.69) is 19.9 Å². The second kappa shape index (κ2) is 16.8. The maximum absolute atomic E-state index is 12.2. The van der Waals surface area contributed by atoms with Crippen molar-refractivity contribution in [2.24, 2.45) is 0 Å². The van der Waals surface area contributed by atoms with Gasteiger partial charge in [0, 0.05) is 61.0 Å². The predicted molar refractivity (Wildman–Crippen MR) is 201 cm³/mol. The van der Waals surface area contributed by atoms with Crippen molar-refractivity contribution in [1.82, 2.24) is 29.1 Å². The van der Waals surface area contributed by atoms with Crippen LogP contribution in [0.1, 0.15) is 43.2 Å². The van der Waals surface area contributed by atoms with E-state index in [1.54, 1.807) is 41.5 Å². The Morgan fingerprint density at radius 2 is 1.18 bits per heavy atom. The van der Waals surface area contributed by atoms with Gasteiger partial charge < -0.3 is 24.5 Å². The van der Waals surface area contributed by atoms with Crippen LogP contribution in [-0.2, 0) is 17.8 Å². The van der Waals surface area contributed by atoms with Gasteiger partial charge in [0.05, 0.1) is 61.1 Å². The molecule has 55 heavy (non-hydrogen) atoms. The fourth-order valence-electron chi connectivity index (χ4n) is 6.25. The van der Waals surface area contributed by atoms with Gasteiger partial charge in [-0.2, -0.15) is 10.5 Å². The zero-order valence-electron chi connectivity index (χ0n) is 29.1. The third kappa shape index (κ3) is 7.98. The van der Waals surface area contributed by atoms with Crippen LogP contribution in [0.2, 0.25) is 10.0 Å². The molecule has 0 atom stereocenters. The van der Waals surface area contributed by atoms with Crippen molar-refractivity contribution in [2.75, 3.05) is 7.11 Å². The Bertz CT molecular complexity index is 2860. The molecule has 0 aliphatic rings. The van der Waals surface area contributed by atoms with Crippen LogP contribution in [0, 0.1) is 22.7 Å². The molecule has 0 aliphatic heterocycles. The number of benzene rings is 2. The Hall–Kier alpha value is -6.30. The average molecular weight is 764 g/mol. The largest absolute Gasteiger partial charge is 1.00 e. The number of carboxylic acids is 1. The van der Waals surface area contributed by atoms with Crippen molar-refractivity contribution in [2.45, 2.75) is 13.1 Å². The Labute approximate surface area is 334 Å². The molecule has 0 saturated carbocycles. The van der Waals surface area contributed by atoms with Gasteiger partial charge in [-0.15, -0.1) is 0 Å². The number of methoxy groups -OCH3 is 1. The van der Waals surface area contributed by atoms with Gasteiger partial charge in [-0.05, 0) is 59.7 Å². The van der Waals surface area contributed by atoms with E-state index in [4.69, 9.17) is 27.9 Å². The number of esters is 1. The molecule has 6 heterocycles. The van der Waals surface area contributed by atoms with E-state index in [0.29, 0.717) is 45.0 Å². The van der Waals surface area contributed by atoms with Gasteiger partial charge in [0.15, 0.2) is 11.4 Å². The molecule has 2 N–H and O–H groups in total. The molecule has 0 saturated heterocycles. The number of rotatable bonds is 6. The van der Waals surface area contributed by atoms with Gasteiger partial charge in [-0.1, -0.05) is 35.3 Å². The van der Waals surface area contributed by atoms with Crippen molar-refractivity contribution < 1.29 is 43.8 Å². The second-order valence-electron chi connectivity index (χ2n) is 11.8. The summed E-state index contributed by atoms with van der Waals surface area (Å²) in [6, 6.07) is 22.9. The SMILES string of the molecule is COC(=O)c1cn(Cc2ccc3ncc(Cl)cc3c2)c2ccnc(C#N)c12.N#Cc1nccc2c1c(C(=O)O)cn2Cc1ccc2ncc(Cl)cc2c1.[Li+].[OH-]. The summed E-state index contributed by atoms with van der Waals surface area (Å²) in [5.74, 6) is -1.59. The van der Waals surface area contributed by atoms with Crippen molar-refractivity contribution in [1.29, 1.82) is 10.5 Å². The molecular weight excluding hydrogens is 738 g/mol. The van der Waals surface area contributed by atoms with Crippen LogP contribution in [0.15, 0.2) is 97.8 Å². The Morgan fingerprint density at radius 3 is 1.62 bits per heavy atom. The number of hydrogen-bond donors (Lipinski definition) is 1. The van der Waals surface area contributed by atoms with Gasteiger partial charge in [0.25, 0.3) is 0 Å². The minimum absolute atomic E-state index is 0. The van der Waals surface area contributed by atoms with Crippen LogP contribution in [0.25, 0.3) is 43.6 Å². The number of fused-ring (bicyclic) bond motifs is 4. The summed E-state index contributed by atoms with van der Waals surface area (Å²) in [5, 5.41) is 31.9. The van der Waals surface area contributed by atoms with E-state index in [-0.39, 0.29) is 41.3 Å². The van der Waals surface area contributed by atoms with Crippen molar-refractivity contribution in [3.63, 3.8) is 0 Å². The predicted octanol–water partition coefficient (Wildman–Crippen LogP) is 4.63. The molecule has 0 fully saturated rings. The van der Waals surface area contributed by atoms with E-state index in [9.17, 15) is 25.2 Å². The number of carbonyl (C=O) groups excluding carboxylic acids is 1. The first-order valence-corrected chi connectivity index (χ1v) is 16.6. The van der Waals surface area contributed by atoms with E-state index in [1.807, 2.05) is 65.2 Å². The number of ether oxygens (including phenoxy) is 1. The fourth-order valence-corrected chi connectivity index (χ4v) is 6.58. The van der Waals surface area contributed by atoms with Crippen molar-refractivity contribution in [3.8, 4) is 12.1 Å². The minimum atomic E-state index is -1.09. The van der Waals surface area contributed by atoms with E-state index < -0.39 is 11.9 Å². The smallest absolute Gasteiger partial charge is 0.870 e. The monoisotopic (exact) mass is 762 g/mol. The van der Waals surface area contributed by atoms with E-state index in [0.717, 1.165) is 38.4 Å². The molecule has 0 radical (unpaired) electrons. The topological polar surface area (TPSA) is 203 Å². The van der Waals surface area contributed by atoms with Crippen LogP contribution in [0.4, 0.5) is 0 Å². The first kappa shape index (κ1) is 39.9. The average Bonchev–Trinajstić information content (AvgIpc) is 3.73. The van der Waals surface area contributed by atoms with Crippen LogP contribution < -0.4 is 18.9 Å². The number of aromatic nitrogens is 6. The molecule has 16 heteroatoms. The summed E-state index contributed by atoms with van der Waals surface area (Å²) < 4.78 is 8.58. The van der Waals surface area contributed by atoms with Crippen LogP contribution in [-0.4, -0.2) is 58.7 Å². The van der Waals surface area contributed by atoms with Gasteiger partial charge >= 0.3 is 30.8 Å². The zero-order valence-corrected chi connectivity index (χ0v) is 30.6. The zero-order chi connectivity index (χ0) is 37.2. The summed E-state index contributed by atoms with van der Waals surface area (Å²) in [5.41, 5.74) is 5.74. The first-order valence-electron chi connectivity index (χ1n) is 15.8. The normalized spacial score (nSPS) is 10.5. The molecule has 0 unspecified atom stereocenters. The number of carbonyl (C=O) groups is 2. The maximum Gasteiger partial charge on any atom is 1.00 e. The molecule has 8 aromatic rings. The van der Waals surface area contributed by atoms with Crippen molar-refractivity contribution >= 4 is 78.8 Å². The van der Waals surface area contributed by atoms with Crippen LogP contribution in [0.5, 0.6) is 0 Å². The quantitative estimate of drug-likeness (QED) is 0.183. The fraction of sp³-hybridized carbons (Fsp3) is 0.0769. The van der Waals surface area contributed by atoms with E-state index in [1.165, 1.54) is 19.5 Å². The number of aromatic carboxylic acids is 1. The number of carboxylic acid groups (broad SMARTS) is 1. The number of hydrogen-bond acceptors (Lipinski definition) is 10. The van der Waals surface area contributed by atoms with E-state index >= 15 is 0 Å². The Morgan fingerprint density at radius 1 is 0.727 bits per heavy atom. The summed E-state index contributed by atoms with van der Waals surface area (Å²) in [7, 11) is 1.31. The van der Waals surface area contributed by atoms with Crippen molar-refractivity contribution in [3.05, 3.63) is 142 Å². The number of nitriles is 2. The maximum atomic E-state index is 12.2. The minimum Gasteiger partial charge on any atom is -0.870 e. The molecule has 0 spiro atoms. The molecule has 266 valence electrons. The molecule has 2 aromatic carbocycles. The van der Waals surface area contributed by atoms with Gasteiger partial charge in [-0.3, -0.25) is 9.97 Å². The van der Waals surface area contributed by atoms with Gasteiger partial charge in [0.2, 0.25) is 0 Å². The number of nitrogens with zero attached hydrogens (tertiary/aromatic N) is 8. The Balaban J connectivity index is 0.000000204. The third-order valence-electron chi connectivity index (χ3n) is 8.56. The first-order chi connectivity index (χ1) is 25.7. The van der Waals surface area contributed by atoms with Crippen LogP contribution in [0.3, 0.4) is 0 Å². The molecule has 0 bridgehead atoms. The third-order valence-corrected chi connectivity index (χ3v) is 8.98. The van der Waals surface area contributed by atoms with Gasteiger partial charge in [0.1, 0.15) is 12.1 Å². The number of halogens is 2. The summed E-state index contributed by atoms with van der Waals surface area (Å²) in [4.78, 5) is 40.4. The second-order valence-corrected chi connectivity index (χ2v) is 12.7. The van der Waals surface area contributed by atoms with Gasteiger partial charge in [-0.25, -0.2) is 19.6 Å². The molecule has 13 nitrogen and oxygen atoms in total. The Kier molecular flexibility index (Phi) is 12.2.